The summed E-state index contributed by atoms with van der Waals surface area (Å²) in [6.45, 7) is 4.48. The Balaban J connectivity index is 0.00000304. The highest BCUT2D eigenvalue weighted by Gasteiger charge is 2.45. The number of hydrogen-bond donors (Lipinski definition) is 1. The number of anilines is 1. The number of aromatic nitrogens is 2. The summed E-state index contributed by atoms with van der Waals surface area (Å²) in [6, 6.07) is 4.69. The van der Waals surface area contributed by atoms with Crippen LogP contribution < -0.4 is 5.32 Å². The van der Waals surface area contributed by atoms with Gasteiger partial charge in [-0.05, 0) is 55.4 Å². The summed E-state index contributed by atoms with van der Waals surface area (Å²) in [5, 5.41) is 10.8. The van der Waals surface area contributed by atoms with Gasteiger partial charge in [0.05, 0.1) is 5.69 Å². The monoisotopic (exact) mass is 498 g/mol. The van der Waals surface area contributed by atoms with Crippen LogP contribution in [-0.2, 0) is 10.9 Å². The molecule has 1 aliphatic carbocycles. The van der Waals surface area contributed by atoms with E-state index in [4.69, 9.17) is 4.74 Å². The number of nitrogens with one attached hydrogen (secondary N) is 1. The number of fused-ring (bicyclic) bond motifs is 1. The van der Waals surface area contributed by atoms with Crippen LogP contribution in [0.4, 0.5) is 27.8 Å². The van der Waals surface area contributed by atoms with Gasteiger partial charge in [-0.25, -0.2) is 8.78 Å². The first-order valence-corrected chi connectivity index (χ1v) is 12.1. The van der Waals surface area contributed by atoms with Crippen molar-refractivity contribution in [1.82, 2.24) is 15.1 Å². The molecule has 5 rings (SSSR count). The summed E-state index contributed by atoms with van der Waals surface area (Å²) in [6.07, 6.45) is -2.42. The molecule has 3 atom stereocenters. The van der Waals surface area contributed by atoms with Gasteiger partial charge < -0.3 is 10.1 Å². The lowest BCUT2D eigenvalue weighted by atomic mass is 9.96. The lowest BCUT2D eigenvalue weighted by molar-refractivity contribution is -0.137. The average molecular weight is 499 g/mol. The van der Waals surface area contributed by atoms with Crippen LogP contribution in [0, 0.1) is 24.6 Å². The molecule has 10 heteroatoms. The van der Waals surface area contributed by atoms with E-state index in [9.17, 15) is 17.6 Å². The fraction of sp³-hybridized carbons (Fsp3) is 0.600. The van der Waals surface area contributed by atoms with Gasteiger partial charge in [0.1, 0.15) is 17.0 Å². The number of rotatable bonds is 5. The van der Waals surface area contributed by atoms with Gasteiger partial charge in [0, 0.05) is 58.7 Å². The number of likely N-dealkylation sites (tertiary alicyclic amines) is 1. The second kappa shape index (κ2) is 9.28. The van der Waals surface area contributed by atoms with Crippen molar-refractivity contribution in [1.29, 1.82) is 0 Å². The zero-order valence-electron chi connectivity index (χ0n) is 19.5. The molecular formula is C25H31F5N4O. The third kappa shape index (κ3) is 5.28. The largest absolute Gasteiger partial charge is 0.420 e. The predicted molar refractivity (Wildman–Crippen MR) is 123 cm³/mol. The van der Waals surface area contributed by atoms with Crippen molar-refractivity contribution in [2.45, 2.75) is 50.5 Å². The summed E-state index contributed by atoms with van der Waals surface area (Å²) in [7, 11) is 0. The Bertz CT molecular complexity index is 1060. The fourth-order valence-corrected chi connectivity index (χ4v) is 5.85. The molecule has 1 aromatic heterocycles. The van der Waals surface area contributed by atoms with Crippen LogP contribution in [0.25, 0.3) is 11.3 Å². The van der Waals surface area contributed by atoms with Crippen molar-refractivity contribution in [3.63, 3.8) is 0 Å². The Hall–Kier alpha value is -2.33. The second-order valence-electron chi connectivity index (χ2n) is 10.2. The molecule has 2 aromatic rings. The minimum Gasteiger partial charge on any atom is -0.381 e. The van der Waals surface area contributed by atoms with Crippen molar-refractivity contribution < 1.29 is 28.1 Å². The summed E-state index contributed by atoms with van der Waals surface area (Å²) < 4.78 is 75.7. The molecule has 1 saturated carbocycles. The number of alkyl halides is 4. The SMILES string of the molecule is Cc1ccc(F)cc1-c1cc(C(F)(F)F)c(NC2C[C@@H]3CN(CC4(F)CCOCC4)C[C@@H]3C2)nn1.[HH]. The van der Waals surface area contributed by atoms with Crippen LogP contribution in [0.5, 0.6) is 0 Å². The molecule has 3 fully saturated rings. The quantitative estimate of drug-likeness (QED) is 0.552. The highest BCUT2D eigenvalue weighted by atomic mass is 19.4. The summed E-state index contributed by atoms with van der Waals surface area (Å²) >= 11 is 0. The molecule has 3 heterocycles. The van der Waals surface area contributed by atoms with E-state index in [0.717, 1.165) is 19.2 Å². The van der Waals surface area contributed by atoms with E-state index < -0.39 is 23.2 Å². The van der Waals surface area contributed by atoms with Gasteiger partial charge in [0.15, 0.2) is 5.82 Å². The Morgan fingerprint density at radius 2 is 1.80 bits per heavy atom. The molecule has 1 unspecified atom stereocenters. The maximum atomic E-state index is 15.0. The first-order chi connectivity index (χ1) is 16.6. The van der Waals surface area contributed by atoms with Gasteiger partial charge in [-0.3, -0.25) is 4.90 Å². The Morgan fingerprint density at radius 3 is 2.46 bits per heavy atom. The van der Waals surface area contributed by atoms with E-state index in [1.807, 2.05) is 0 Å². The van der Waals surface area contributed by atoms with E-state index in [-0.39, 0.29) is 24.5 Å². The topological polar surface area (TPSA) is 50.3 Å². The number of halogens is 5. The highest BCUT2D eigenvalue weighted by molar-refractivity contribution is 5.65. The van der Waals surface area contributed by atoms with Gasteiger partial charge in [-0.2, -0.15) is 13.2 Å². The zero-order valence-corrected chi connectivity index (χ0v) is 19.5. The van der Waals surface area contributed by atoms with Gasteiger partial charge in [-0.15, -0.1) is 10.2 Å². The standard InChI is InChI=1S/C25H29F5N4O.H2/c1-15-2-3-18(26)10-20(15)22-11-21(25(28,29)30)23(33-32-22)31-19-8-16-12-34(13-17(16)9-19)14-24(27)4-6-35-7-5-24;/h2-3,10-11,16-17,19H,4-9,12-14H2,1H3,(H,31,33);1H/t16-,17+,19?;. The first-order valence-electron chi connectivity index (χ1n) is 12.1. The smallest absolute Gasteiger partial charge is 0.381 e. The molecule has 3 aliphatic rings. The normalized spacial score (nSPS) is 26.6. The molecule has 192 valence electrons. The molecule has 0 bridgehead atoms. The number of nitrogens with zero attached hydrogens (tertiary/aromatic N) is 3. The molecule has 0 amide bonds. The molecule has 1 aromatic carbocycles. The minimum absolute atomic E-state index is 0. The second-order valence-corrected chi connectivity index (χ2v) is 10.2. The number of benzene rings is 1. The Morgan fingerprint density at radius 1 is 1.11 bits per heavy atom. The third-order valence-corrected chi connectivity index (χ3v) is 7.64. The Kier molecular flexibility index (Phi) is 6.46. The van der Waals surface area contributed by atoms with Gasteiger partial charge in [-0.1, -0.05) is 6.07 Å². The van der Waals surface area contributed by atoms with Crippen molar-refractivity contribution in [2.24, 2.45) is 11.8 Å². The molecular weight excluding hydrogens is 467 g/mol. The summed E-state index contributed by atoms with van der Waals surface area (Å²) in [4.78, 5) is 2.16. The molecule has 2 saturated heterocycles. The van der Waals surface area contributed by atoms with E-state index >= 15 is 4.39 Å². The number of aryl methyl sites for hydroxylation is 1. The van der Waals surface area contributed by atoms with Crippen molar-refractivity contribution >= 4 is 5.82 Å². The van der Waals surface area contributed by atoms with Crippen LogP contribution in [0.1, 0.15) is 38.2 Å². The molecule has 2 aliphatic heterocycles. The molecule has 5 nitrogen and oxygen atoms in total. The molecule has 0 radical (unpaired) electrons. The van der Waals surface area contributed by atoms with E-state index in [0.29, 0.717) is 62.8 Å². The van der Waals surface area contributed by atoms with Crippen molar-refractivity contribution in [2.75, 3.05) is 38.2 Å². The van der Waals surface area contributed by atoms with Gasteiger partial charge >= 0.3 is 6.18 Å². The zero-order chi connectivity index (χ0) is 24.8. The first kappa shape index (κ1) is 24.4. The van der Waals surface area contributed by atoms with Gasteiger partial charge in [0.25, 0.3) is 0 Å². The lowest BCUT2D eigenvalue weighted by Crippen LogP contribution is -2.43. The maximum Gasteiger partial charge on any atom is 0.420 e. The van der Waals surface area contributed by atoms with Gasteiger partial charge in [0.2, 0.25) is 0 Å². The third-order valence-electron chi connectivity index (χ3n) is 7.64. The highest BCUT2D eigenvalue weighted by Crippen LogP contribution is 2.42. The van der Waals surface area contributed by atoms with Crippen LogP contribution in [-0.4, -0.2) is 59.7 Å². The van der Waals surface area contributed by atoms with E-state index in [2.05, 4.69) is 20.4 Å². The number of ether oxygens (including phenoxy) is 1. The van der Waals surface area contributed by atoms with Crippen LogP contribution in [0.3, 0.4) is 0 Å². The summed E-state index contributed by atoms with van der Waals surface area (Å²) in [5.74, 6) is -0.229. The predicted octanol–water partition coefficient (Wildman–Crippen LogP) is 5.50. The maximum absolute atomic E-state index is 15.0. The van der Waals surface area contributed by atoms with E-state index in [1.54, 1.807) is 6.92 Å². The minimum atomic E-state index is -4.64. The van der Waals surface area contributed by atoms with E-state index in [1.165, 1.54) is 18.2 Å². The van der Waals surface area contributed by atoms with Crippen LogP contribution in [0.2, 0.25) is 0 Å². The van der Waals surface area contributed by atoms with Crippen molar-refractivity contribution in [3.05, 3.63) is 41.2 Å². The number of hydrogen-bond acceptors (Lipinski definition) is 5. The van der Waals surface area contributed by atoms with Crippen LogP contribution in [0.15, 0.2) is 24.3 Å². The average Bonchev–Trinajstić information content (AvgIpc) is 3.33. The van der Waals surface area contributed by atoms with Crippen molar-refractivity contribution in [3.8, 4) is 11.3 Å². The summed E-state index contributed by atoms with van der Waals surface area (Å²) in [5.41, 5.74) is -1.26. The molecule has 0 spiro atoms. The van der Waals surface area contributed by atoms with Crippen LogP contribution >= 0.6 is 0 Å². The lowest BCUT2D eigenvalue weighted by Gasteiger charge is -2.33. The Labute approximate surface area is 202 Å². The fourth-order valence-electron chi connectivity index (χ4n) is 5.85. The molecule has 1 N–H and O–H groups in total. The molecule has 35 heavy (non-hydrogen) atoms.